The number of hydrogen-bond acceptors (Lipinski definition) is 3. The van der Waals surface area contributed by atoms with Crippen molar-refractivity contribution in [1.82, 2.24) is 0 Å². The van der Waals surface area contributed by atoms with Gasteiger partial charge >= 0.3 is 5.97 Å². The predicted molar refractivity (Wildman–Crippen MR) is 64.7 cm³/mol. The van der Waals surface area contributed by atoms with Crippen LogP contribution >= 0.6 is 11.8 Å². The van der Waals surface area contributed by atoms with Crippen LogP contribution in [0.5, 0.6) is 0 Å². The zero-order valence-corrected chi connectivity index (χ0v) is 9.96. The van der Waals surface area contributed by atoms with Crippen LogP contribution in [0.25, 0.3) is 0 Å². The maximum Gasteiger partial charge on any atom is 0.321 e. The summed E-state index contributed by atoms with van der Waals surface area (Å²) in [6.07, 6.45) is 3.75. The van der Waals surface area contributed by atoms with Crippen molar-refractivity contribution in [3.63, 3.8) is 0 Å². The molecule has 0 aromatic heterocycles. The summed E-state index contributed by atoms with van der Waals surface area (Å²) in [5.74, 6) is -0.909. The fourth-order valence-corrected chi connectivity index (χ4v) is 2.88. The summed E-state index contributed by atoms with van der Waals surface area (Å²) in [4.78, 5) is 12.2. The zero-order chi connectivity index (χ0) is 11.8. The standard InChI is InChI=1S/C12H15NO2S/c1-16-9-5-3-2-4-8(9)12(6-7-12)10(13)11(14)15/h2-5,10H,6-7,13H2,1H3,(H,14,15). The molecule has 0 bridgehead atoms. The van der Waals surface area contributed by atoms with Crippen LogP contribution in [0.15, 0.2) is 29.2 Å². The van der Waals surface area contributed by atoms with Crippen molar-refractivity contribution in [3.05, 3.63) is 29.8 Å². The van der Waals surface area contributed by atoms with Gasteiger partial charge in [0.15, 0.2) is 0 Å². The second kappa shape index (κ2) is 4.11. The van der Waals surface area contributed by atoms with Crippen molar-refractivity contribution in [2.24, 2.45) is 5.73 Å². The number of thioether (sulfide) groups is 1. The normalized spacial score (nSPS) is 19.1. The molecule has 2 rings (SSSR count). The Labute approximate surface area is 99.0 Å². The van der Waals surface area contributed by atoms with Gasteiger partial charge in [0.05, 0.1) is 0 Å². The first-order chi connectivity index (χ1) is 7.62. The molecule has 86 valence electrons. The topological polar surface area (TPSA) is 63.3 Å². The highest BCUT2D eigenvalue weighted by Gasteiger charge is 2.53. The Morgan fingerprint density at radius 2 is 2.12 bits per heavy atom. The Hall–Kier alpha value is -1.00. The number of aliphatic carboxylic acids is 1. The van der Waals surface area contributed by atoms with Gasteiger partial charge in [-0.2, -0.15) is 0 Å². The fourth-order valence-electron chi connectivity index (χ4n) is 2.17. The smallest absolute Gasteiger partial charge is 0.321 e. The first-order valence-corrected chi connectivity index (χ1v) is 6.46. The summed E-state index contributed by atoms with van der Waals surface area (Å²) in [5.41, 5.74) is 6.57. The number of rotatable bonds is 4. The van der Waals surface area contributed by atoms with Crippen LogP contribution in [-0.2, 0) is 10.2 Å². The van der Waals surface area contributed by atoms with Crippen molar-refractivity contribution in [3.8, 4) is 0 Å². The summed E-state index contributed by atoms with van der Waals surface area (Å²) in [7, 11) is 0. The van der Waals surface area contributed by atoms with Crippen molar-refractivity contribution in [2.45, 2.75) is 29.2 Å². The molecule has 1 aromatic rings. The summed E-state index contributed by atoms with van der Waals surface area (Å²) in [5, 5.41) is 9.05. The predicted octanol–water partition coefficient (Wildman–Crippen LogP) is 1.85. The second-order valence-corrected chi connectivity index (χ2v) is 5.02. The number of hydrogen-bond donors (Lipinski definition) is 2. The van der Waals surface area contributed by atoms with E-state index in [1.165, 1.54) is 0 Å². The van der Waals surface area contributed by atoms with Gasteiger partial charge in [0.1, 0.15) is 6.04 Å². The third kappa shape index (κ3) is 1.72. The van der Waals surface area contributed by atoms with Gasteiger partial charge in [0.2, 0.25) is 0 Å². The minimum Gasteiger partial charge on any atom is -0.480 e. The van der Waals surface area contributed by atoms with E-state index in [1.807, 2.05) is 30.5 Å². The molecule has 1 aliphatic carbocycles. The van der Waals surface area contributed by atoms with Crippen molar-refractivity contribution < 1.29 is 9.90 Å². The Bertz CT molecular complexity index is 415. The highest BCUT2D eigenvalue weighted by atomic mass is 32.2. The summed E-state index contributed by atoms with van der Waals surface area (Å²) in [6.45, 7) is 0. The Kier molecular flexibility index (Phi) is 2.95. The molecule has 3 nitrogen and oxygen atoms in total. The highest BCUT2D eigenvalue weighted by Crippen LogP contribution is 2.52. The Morgan fingerprint density at radius 3 is 2.62 bits per heavy atom. The van der Waals surface area contributed by atoms with Gasteiger partial charge in [-0.05, 0) is 30.7 Å². The van der Waals surface area contributed by atoms with Crippen LogP contribution < -0.4 is 5.73 Å². The van der Waals surface area contributed by atoms with Gasteiger partial charge in [-0.3, -0.25) is 4.79 Å². The number of carbonyl (C=O) groups is 1. The highest BCUT2D eigenvalue weighted by molar-refractivity contribution is 7.98. The third-order valence-corrected chi connectivity index (χ3v) is 4.09. The lowest BCUT2D eigenvalue weighted by Gasteiger charge is -2.22. The van der Waals surface area contributed by atoms with E-state index in [0.29, 0.717) is 0 Å². The van der Waals surface area contributed by atoms with E-state index in [0.717, 1.165) is 23.3 Å². The van der Waals surface area contributed by atoms with Gasteiger partial charge in [0.25, 0.3) is 0 Å². The van der Waals surface area contributed by atoms with Crippen LogP contribution in [0, 0.1) is 0 Å². The maximum atomic E-state index is 11.0. The van der Waals surface area contributed by atoms with Crippen LogP contribution in [0.4, 0.5) is 0 Å². The van der Waals surface area contributed by atoms with Gasteiger partial charge in [-0.1, -0.05) is 18.2 Å². The van der Waals surface area contributed by atoms with Crippen molar-refractivity contribution in [1.29, 1.82) is 0 Å². The molecule has 0 amide bonds. The molecule has 1 fully saturated rings. The molecule has 1 unspecified atom stereocenters. The lowest BCUT2D eigenvalue weighted by Crippen LogP contribution is -2.42. The molecule has 0 heterocycles. The molecule has 1 saturated carbocycles. The molecule has 1 atom stereocenters. The molecule has 0 aliphatic heterocycles. The summed E-state index contributed by atoms with van der Waals surface area (Å²) in [6, 6.07) is 7.15. The minimum absolute atomic E-state index is 0.328. The van der Waals surface area contributed by atoms with Crippen molar-refractivity contribution in [2.75, 3.05) is 6.26 Å². The molecule has 3 N–H and O–H groups in total. The number of nitrogens with two attached hydrogens (primary N) is 1. The number of benzene rings is 1. The molecule has 0 saturated heterocycles. The Morgan fingerprint density at radius 1 is 1.50 bits per heavy atom. The molecule has 1 aromatic carbocycles. The molecule has 4 heteroatoms. The number of carboxylic acids is 1. The minimum atomic E-state index is -0.909. The Balaban J connectivity index is 2.40. The van der Waals surface area contributed by atoms with E-state index in [1.54, 1.807) is 11.8 Å². The maximum absolute atomic E-state index is 11.0. The quantitative estimate of drug-likeness (QED) is 0.784. The van der Waals surface area contributed by atoms with E-state index < -0.39 is 12.0 Å². The zero-order valence-electron chi connectivity index (χ0n) is 9.14. The molecule has 0 spiro atoms. The van der Waals surface area contributed by atoms with Crippen LogP contribution in [0.2, 0.25) is 0 Å². The SMILES string of the molecule is CSc1ccccc1C1(C(N)C(=O)O)CC1. The molecule has 16 heavy (non-hydrogen) atoms. The molecular weight excluding hydrogens is 222 g/mol. The van der Waals surface area contributed by atoms with E-state index in [-0.39, 0.29) is 5.41 Å². The van der Waals surface area contributed by atoms with E-state index in [2.05, 4.69) is 0 Å². The summed E-state index contributed by atoms with van der Waals surface area (Å²) >= 11 is 1.64. The average molecular weight is 237 g/mol. The first-order valence-electron chi connectivity index (χ1n) is 5.24. The van der Waals surface area contributed by atoms with E-state index in [4.69, 9.17) is 10.8 Å². The molecule has 1 aliphatic rings. The number of carboxylic acid groups (broad SMARTS) is 1. The van der Waals surface area contributed by atoms with Gasteiger partial charge in [0, 0.05) is 10.3 Å². The van der Waals surface area contributed by atoms with Crippen LogP contribution in [0.3, 0.4) is 0 Å². The van der Waals surface area contributed by atoms with Crippen LogP contribution in [0.1, 0.15) is 18.4 Å². The summed E-state index contributed by atoms with van der Waals surface area (Å²) < 4.78 is 0. The lowest BCUT2D eigenvalue weighted by atomic mass is 9.88. The monoisotopic (exact) mass is 237 g/mol. The van der Waals surface area contributed by atoms with E-state index >= 15 is 0 Å². The third-order valence-electron chi connectivity index (χ3n) is 3.29. The van der Waals surface area contributed by atoms with Crippen molar-refractivity contribution >= 4 is 17.7 Å². The van der Waals surface area contributed by atoms with E-state index in [9.17, 15) is 4.79 Å². The fraction of sp³-hybridized carbons (Fsp3) is 0.417. The molecule has 0 radical (unpaired) electrons. The average Bonchev–Trinajstić information content (AvgIpc) is 3.09. The van der Waals surface area contributed by atoms with Gasteiger partial charge in [-0.25, -0.2) is 0 Å². The first kappa shape index (κ1) is 11.5. The van der Waals surface area contributed by atoms with Gasteiger partial charge < -0.3 is 10.8 Å². The largest absolute Gasteiger partial charge is 0.480 e. The molecular formula is C12H15NO2S. The van der Waals surface area contributed by atoms with Gasteiger partial charge in [-0.15, -0.1) is 11.8 Å². The second-order valence-electron chi connectivity index (χ2n) is 4.17. The van der Waals surface area contributed by atoms with Crippen LogP contribution in [-0.4, -0.2) is 23.4 Å². The lowest BCUT2D eigenvalue weighted by molar-refractivity contribution is -0.139.